The molecular formula is C21H22ClN3OS. The Morgan fingerprint density at radius 3 is 2.67 bits per heavy atom. The smallest absolute Gasteiger partial charge is 0.227 e. The lowest BCUT2D eigenvalue weighted by Crippen LogP contribution is -2.49. The molecule has 2 aromatic carbocycles. The molecule has 1 aliphatic heterocycles. The molecule has 0 bridgehead atoms. The van der Waals surface area contributed by atoms with Gasteiger partial charge in [-0.05, 0) is 35.7 Å². The molecule has 6 heteroatoms. The van der Waals surface area contributed by atoms with Gasteiger partial charge in [0, 0.05) is 31.2 Å². The summed E-state index contributed by atoms with van der Waals surface area (Å²) in [5.41, 5.74) is 3.29. The monoisotopic (exact) mass is 399 g/mol. The van der Waals surface area contributed by atoms with E-state index >= 15 is 0 Å². The van der Waals surface area contributed by atoms with Gasteiger partial charge < -0.3 is 9.80 Å². The number of rotatable bonds is 4. The average molecular weight is 400 g/mol. The second-order valence-corrected chi connectivity index (χ2v) is 8.20. The first-order valence-electron chi connectivity index (χ1n) is 9.29. The lowest BCUT2D eigenvalue weighted by molar-refractivity contribution is -0.130. The van der Waals surface area contributed by atoms with E-state index in [9.17, 15) is 4.79 Å². The van der Waals surface area contributed by atoms with Gasteiger partial charge in [-0.1, -0.05) is 54.1 Å². The van der Waals surface area contributed by atoms with Gasteiger partial charge in [0.2, 0.25) is 5.91 Å². The van der Waals surface area contributed by atoms with E-state index in [1.54, 1.807) is 11.3 Å². The number of carbonyl (C=O) groups is 1. The largest absolute Gasteiger partial charge is 0.345 e. The van der Waals surface area contributed by atoms with Crippen LogP contribution in [0.2, 0.25) is 5.02 Å². The van der Waals surface area contributed by atoms with Crippen molar-refractivity contribution in [3.8, 4) is 0 Å². The van der Waals surface area contributed by atoms with Crippen molar-refractivity contribution in [2.45, 2.75) is 19.8 Å². The first kappa shape index (κ1) is 18.3. The molecule has 1 aliphatic rings. The van der Waals surface area contributed by atoms with Gasteiger partial charge in [-0.3, -0.25) is 4.79 Å². The maximum Gasteiger partial charge on any atom is 0.227 e. The predicted octanol–water partition coefficient (Wildman–Crippen LogP) is 4.40. The highest BCUT2D eigenvalue weighted by molar-refractivity contribution is 7.22. The zero-order valence-electron chi connectivity index (χ0n) is 15.3. The third-order valence-corrected chi connectivity index (χ3v) is 6.50. The summed E-state index contributed by atoms with van der Waals surface area (Å²) in [5, 5.41) is 1.71. The summed E-state index contributed by atoms with van der Waals surface area (Å²) in [5.74, 6) is 0.139. The fourth-order valence-electron chi connectivity index (χ4n) is 3.38. The van der Waals surface area contributed by atoms with Crippen LogP contribution >= 0.6 is 22.9 Å². The van der Waals surface area contributed by atoms with Gasteiger partial charge in [-0.2, -0.15) is 0 Å². The number of amides is 1. The van der Waals surface area contributed by atoms with E-state index in [0.29, 0.717) is 11.4 Å². The lowest BCUT2D eigenvalue weighted by atomic mass is 10.1. The molecule has 3 aromatic rings. The van der Waals surface area contributed by atoms with Crippen molar-refractivity contribution < 1.29 is 4.79 Å². The quantitative estimate of drug-likeness (QED) is 0.652. The maximum atomic E-state index is 12.6. The normalized spacial score (nSPS) is 14.7. The van der Waals surface area contributed by atoms with Gasteiger partial charge in [-0.25, -0.2) is 4.98 Å². The van der Waals surface area contributed by atoms with Crippen molar-refractivity contribution in [1.82, 2.24) is 9.88 Å². The molecule has 0 radical (unpaired) electrons. The summed E-state index contributed by atoms with van der Waals surface area (Å²) in [4.78, 5) is 21.6. The number of halogens is 1. The molecule has 140 valence electrons. The molecule has 2 heterocycles. The molecule has 0 unspecified atom stereocenters. The minimum Gasteiger partial charge on any atom is -0.345 e. The summed E-state index contributed by atoms with van der Waals surface area (Å²) < 4.78 is 1.24. The number of fused-ring (bicyclic) bond motifs is 1. The number of carbonyl (C=O) groups excluding carboxylic acids is 1. The van der Waals surface area contributed by atoms with Crippen LogP contribution in [0.25, 0.3) is 10.2 Å². The molecule has 1 amide bonds. The molecule has 1 fully saturated rings. The third-order valence-electron chi connectivity index (χ3n) is 5.05. The third kappa shape index (κ3) is 3.94. The molecule has 1 aromatic heterocycles. The van der Waals surface area contributed by atoms with Gasteiger partial charge >= 0.3 is 0 Å². The molecule has 4 rings (SSSR count). The van der Waals surface area contributed by atoms with Crippen LogP contribution in [-0.2, 0) is 17.6 Å². The van der Waals surface area contributed by atoms with Crippen LogP contribution in [-0.4, -0.2) is 42.0 Å². The molecule has 0 N–H and O–H groups in total. The zero-order chi connectivity index (χ0) is 18.8. The van der Waals surface area contributed by atoms with Crippen molar-refractivity contribution >= 4 is 44.2 Å². The number of hydrogen-bond acceptors (Lipinski definition) is 4. The maximum absolute atomic E-state index is 12.6. The van der Waals surface area contributed by atoms with Crippen LogP contribution in [0.4, 0.5) is 5.13 Å². The Labute approximate surface area is 168 Å². The van der Waals surface area contributed by atoms with E-state index in [1.165, 1.54) is 10.3 Å². The van der Waals surface area contributed by atoms with Crippen LogP contribution in [0.15, 0.2) is 42.5 Å². The first-order valence-corrected chi connectivity index (χ1v) is 10.5. The van der Waals surface area contributed by atoms with E-state index in [0.717, 1.165) is 48.8 Å². The van der Waals surface area contributed by atoms with Gasteiger partial charge in [-0.15, -0.1) is 0 Å². The van der Waals surface area contributed by atoms with Crippen molar-refractivity contribution in [2.24, 2.45) is 0 Å². The Hall–Kier alpha value is -2.11. The molecule has 0 aliphatic carbocycles. The van der Waals surface area contributed by atoms with Crippen LogP contribution in [0, 0.1) is 0 Å². The second-order valence-electron chi connectivity index (χ2n) is 6.79. The summed E-state index contributed by atoms with van der Waals surface area (Å²) in [7, 11) is 0. The molecule has 0 atom stereocenters. The Morgan fingerprint density at radius 1 is 1.15 bits per heavy atom. The van der Waals surface area contributed by atoms with E-state index < -0.39 is 0 Å². The number of thiazole rings is 1. The standard InChI is InChI=1S/C21H22ClN3OS/c1-2-15-7-8-18-19(13-15)27-21(23-18)25-11-9-24(10-12-25)20(26)14-16-5-3-4-6-17(16)22/h3-8,13H,2,9-12,14H2,1H3. The van der Waals surface area contributed by atoms with E-state index in [1.807, 2.05) is 29.2 Å². The Morgan fingerprint density at radius 2 is 1.93 bits per heavy atom. The highest BCUT2D eigenvalue weighted by Crippen LogP contribution is 2.30. The number of benzene rings is 2. The Bertz CT molecular complexity index is 963. The number of anilines is 1. The molecule has 4 nitrogen and oxygen atoms in total. The van der Waals surface area contributed by atoms with Crippen LogP contribution < -0.4 is 4.90 Å². The summed E-state index contributed by atoms with van der Waals surface area (Å²) in [6.45, 7) is 5.24. The highest BCUT2D eigenvalue weighted by atomic mass is 35.5. The van der Waals surface area contributed by atoms with E-state index in [-0.39, 0.29) is 5.91 Å². The van der Waals surface area contributed by atoms with E-state index in [4.69, 9.17) is 16.6 Å². The second kappa shape index (κ2) is 7.87. The minimum atomic E-state index is 0.139. The Kier molecular flexibility index (Phi) is 5.32. The van der Waals surface area contributed by atoms with Gasteiger partial charge in [0.25, 0.3) is 0 Å². The van der Waals surface area contributed by atoms with Crippen molar-refractivity contribution in [3.05, 3.63) is 58.6 Å². The number of piperazine rings is 1. The lowest BCUT2D eigenvalue weighted by Gasteiger charge is -2.34. The molecule has 27 heavy (non-hydrogen) atoms. The number of hydrogen-bond donors (Lipinski definition) is 0. The molecule has 1 saturated heterocycles. The minimum absolute atomic E-state index is 0.139. The van der Waals surface area contributed by atoms with Crippen LogP contribution in [0.5, 0.6) is 0 Å². The fourth-order valence-corrected chi connectivity index (χ4v) is 4.66. The van der Waals surface area contributed by atoms with Crippen LogP contribution in [0.1, 0.15) is 18.1 Å². The average Bonchev–Trinajstić information content (AvgIpc) is 3.13. The highest BCUT2D eigenvalue weighted by Gasteiger charge is 2.23. The van der Waals surface area contributed by atoms with Crippen LogP contribution in [0.3, 0.4) is 0 Å². The summed E-state index contributed by atoms with van der Waals surface area (Å²) >= 11 is 7.93. The predicted molar refractivity (Wildman–Crippen MR) is 113 cm³/mol. The summed E-state index contributed by atoms with van der Waals surface area (Å²) in [6.07, 6.45) is 1.40. The number of aromatic nitrogens is 1. The molecule has 0 saturated carbocycles. The van der Waals surface area contributed by atoms with Crippen molar-refractivity contribution in [1.29, 1.82) is 0 Å². The number of aryl methyl sites for hydroxylation is 1. The molecular weight excluding hydrogens is 378 g/mol. The van der Waals surface area contributed by atoms with Gasteiger partial charge in [0.05, 0.1) is 16.6 Å². The Balaban J connectivity index is 1.40. The fraction of sp³-hybridized carbons (Fsp3) is 0.333. The van der Waals surface area contributed by atoms with Crippen molar-refractivity contribution in [3.63, 3.8) is 0 Å². The first-order chi connectivity index (χ1) is 13.1. The topological polar surface area (TPSA) is 36.4 Å². The van der Waals surface area contributed by atoms with Gasteiger partial charge in [0.1, 0.15) is 0 Å². The van der Waals surface area contributed by atoms with E-state index in [2.05, 4.69) is 30.0 Å². The number of nitrogens with zero attached hydrogens (tertiary/aromatic N) is 3. The molecule has 0 spiro atoms. The zero-order valence-corrected chi connectivity index (χ0v) is 16.9. The van der Waals surface area contributed by atoms with Gasteiger partial charge in [0.15, 0.2) is 5.13 Å². The van der Waals surface area contributed by atoms with Crippen molar-refractivity contribution in [2.75, 3.05) is 31.1 Å². The SMILES string of the molecule is CCc1ccc2nc(N3CCN(C(=O)Cc4ccccc4Cl)CC3)sc2c1. The summed E-state index contributed by atoms with van der Waals surface area (Å²) in [6, 6.07) is 14.1.